The minimum atomic E-state index is -1.64. The number of thiol groups is 1. The fourth-order valence-corrected chi connectivity index (χ4v) is 3.08. The van der Waals surface area contributed by atoms with Gasteiger partial charge in [-0.1, -0.05) is 0 Å². The van der Waals surface area contributed by atoms with Crippen molar-refractivity contribution in [1.82, 2.24) is 21.3 Å². The molecule has 5 unspecified atom stereocenters. The highest BCUT2D eigenvalue weighted by Gasteiger charge is 2.32. The first-order valence-electron chi connectivity index (χ1n) is 9.44. The van der Waals surface area contributed by atoms with Gasteiger partial charge in [0.05, 0.1) is 12.1 Å². The minimum Gasteiger partial charge on any atom is -0.481 e. The number of carboxylic acid groups (broad SMARTS) is 2. The number of rotatable bonds is 12. The lowest BCUT2D eigenvalue weighted by atomic mass is 10.1. The molecule has 1 saturated heterocycles. The van der Waals surface area contributed by atoms with Crippen molar-refractivity contribution < 1.29 is 39.3 Å². The maximum absolute atomic E-state index is 12.5. The molecule has 1 rings (SSSR count). The van der Waals surface area contributed by atoms with Crippen LogP contribution in [0, 0.1) is 0 Å². The molecule has 0 aromatic heterocycles. The zero-order valence-electron chi connectivity index (χ0n) is 16.5. The molecule has 0 aromatic carbocycles. The van der Waals surface area contributed by atoms with Gasteiger partial charge in [0.15, 0.2) is 6.04 Å². The third kappa shape index (κ3) is 8.16. The summed E-state index contributed by atoms with van der Waals surface area (Å²) in [5.74, 6) is -4.94. The van der Waals surface area contributed by atoms with E-state index >= 15 is 0 Å². The molecule has 1 fully saturated rings. The fourth-order valence-electron chi connectivity index (χ4n) is 2.83. The Kier molecular flexibility index (Phi) is 10.6. The highest BCUT2D eigenvalue weighted by Crippen LogP contribution is 2.06. The topological polar surface area (TPSA) is 194 Å². The van der Waals surface area contributed by atoms with E-state index in [0.29, 0.717) is 13.0 Å². The normalized spacial score (nSPS) is 19.8. The van der Waals surface area contributed by atoms with Crippen LogP contribution in [0.5, 0.6) is 0 Å². The first kappa shape index (κ1) is 25.7. The summed E-state index contributed by atoms with van der Waals surface area (Å²) < 4.78 is 0. The number of hydrogen-bond acceptors (Lipinski definition) is 8. The summed E-state index contributed by atoms with van der Waals surface area (Å²) in [5.41, 5.74) is 0. The van der Waals surface area contributed by atoms with Crippen molar-refractivity contribution in [3.63, 3.8) is 0 Å². The largest absolute Gasteiger partial charge is 0.481 e. The maximum Gasteiger partial charge on any atom is 0.328 e. The number of carbonyl (C=O) groups excluding carboxylic acids is 3. The van der Waals surface area contributed by atoms with Gasteiger partial charge in [-0.3, -0.25) is 19.2 Å². The SMILES string of the molecule is CC(O)C(NC(=O)C(CCC(=O)O)NC(=O)C(CS)NC(=O)C1CCCN1)C(=O)O. The van der Waals surface area contributed by atoms with E-state index in [1.807, 2.05) is 0 Å². The molecule has 0 aromatic rings. The molecule has 1 heterocycles. The average Bonchev–Trinajstić information content (AvgIpc) is 3.20. The van der Waals surface area contributed by atoms with Crippen LogP contribution in [0.25, 0.3) is 0 Å². The quantitative estimate of drug-likeness (QED) is 0.148. The summed E-state index contributed by atoms with van der Waals surface area (Å²) in [4.78, 5) is 59.3. The van der Waals surface area contributed by atoms with Crippen molar-refractivity contribution in [2.45, 2.75) is 62.9 Å². The van der Waals surface area contributed by atoms with Crippen molar-refractivity contribution in [1.29, 1.82) is 0 Å². The Bertz CT molecular complexity index is 654. The number of aliphatic hydroxyl groups excluding tert-OH is 1. The van der Waals surface area contributed by atoms with E-state index in [0.717, 1.165) is 13.3 Å². The molecule has 0 aliphatic carbocycles. The monoisotopic (exact) mass is 448 g/mol. The Balaban J connectivity index is 2.83. The van der Waals surface area contributed by atoms with Crippen LogP contribution in [0.4, 0.5) is 0 Å². The van der Waals surface area contributed by atoms with Gasteiger partial charge in [0, 0.05) is 12.2 Å². The van der Waals surface area contributed by atoms with Crippen LogP contribution in [0.2, 0.25) is 0 Å². The molecule has 0 saturated carbocycles. The van der Waals surface area contributed by atoms with Crippen molar-refractivity contribution >= 4 is 42.3 Å². The van der Waals surface area contributed by atoms with E-state index in [9.17, 15) is 29.1 Å². The van der Waals surface area contributed by atoms with Crippen LogP contribution in [0.1, 0.15) is 32.6 Å². The fraction of sp³-hybridized carbons (Fsp3) is 0.706. The maximum atomic E-state index is 12.5. The second-order valence-corrected chi connectivity index (χ2v) is 7.32. The first-order chi connectivity index (χ1) is 14.1. The van der Waals surface area contributed by atoms with E-state index in [-0.39, 0.29) is 12.2 Å². The Morgan fingerprint density at radius 3 is 2.17 bits per heavy atom. The average molecular weight is 448 g/mol. The number of carboxylic acids is 2. The Hall–Kier alpha value is -2.38. The smallest absolute Gasteiger partial charge is 0.328 e. The molecule has 13 heteroatoms. The predicted octanol–water partition coefficient (Wildman–Crippen LogP) is -2.55. The third-order valence-electron chi connectivity index (χ3n) is 4.52. The van der Waals surface area contributed by atoms with E-state index in [1.54, 1.807) is 0 Å². The van der Waals surface area contributed by atoms with Crippen LogP contribution < -0.4 is 21.3 Å². The molecular formula is C17H28N4O8S. The number of carbonyl (C=O) groups is 5. The van der Waals surface area contributed by atoms with E-state index in [4.69, 9.17) is 10.2 Å². The summed E-state index contributed by atoms with van der Waals surface area (Å²) in [6.07, 6.45) is -0.788. The Morgan fingerprint density at radius 1 is 1.07 bits per heavy atom. The summed E-state index contributed by atoms with van der Waals surface area (Å²) in [6.45, 7) is 1.84. The van der Waals surface area contributed by atoms with Crippen LogP contribution in [0.15, 0.2) is 0 Å². The van der Waals surface area contributed by atoms with Gasteiger partial charge in [0.25, 0.3) is 0 Å². The molecule has 0 spiro atoms. The number of amides is 3. The standard InChI is InChI=1S/C17H28N4O8S/c1-8(22)13(17(28)29)21-15(26)10(4-5-12(23)24)19-16(27)11(7-30)20-14(25)9-3-2-6-18-9/h8-11,13,18,22,30H,2-7H2,1H3,(H,19,27)(H,20,25)(H,21,26)(H,23,24)(H,28,29). The van der Waals surface area contributed by atoms with Crippen molar-refractivity contribution in [2.24, 2.45) is 0 Å². The molecule has 170 valence electrons. The van der Waals surface area contributed by atoms with Crippen LogP contribution in [0.3, 0.4) is 0 Å². The second kappa shape index (κ2) is 12.3. The molecule has 30 heavy (non-hydrogen) atoms. The van der Waals surface area contributed by atoms with Crippen molar-refractivity contribution in [3.05, 3.63) is 0 Å². The highest BCUT2D eigenvalue weighted by atomic mass is 32.1. The van der Waals surface area contributed by atoms with Gasteiger partial charge < -0.3 is 36.6 Å². The van der Waals surface area contributed by atoms with Gasteiger partial charge in [0.1, 0.15) is 12.1 Å². The van der Waals surface area contributed by atoms with Crippen molar-refractivity contribution in [3.8, 4) is 0 Å². The summed E-state index contributed by atoms with van der Waals surface area (Å²) >= 11 is 4.04. The lowest BCUT2D eigenvalue weighted by Crippen LogP contribution is -2.58. The number of aliphatic hydroxyl groups is 1. The molecule has 0 bridgehead atoms. The van der Waals surface area contributed by atoms with Gasteiger partial charge in [-0.05, 0) is 32.7 Å². The lowest BCUT2D eigenvalue weighted by molar-refractivity contribution is -0.145. The first-order valence-corrected chi connectivity index (χ1v) is 10.1. The van der Waals surface area contributed by atoms with E-state index in [2.05, 4.69) is 33.9 Å². The highest BCUT2D eigenvalue weighted by molar-refractivity contribution is 7.80. The molecule has 0 radical (unpaired) electrons. The predicted molar refractivity (Wildman–Crippen MR) is 107 cm³/mol. The summed E-state index contributed by atoms with van der Waals surface area (Å²) in [7, 11) is 0. The number of hydrogen-bond donors (Lipinski definition) is 8. The van der Waals surface area contributed by atoms with Crippen LogP contribution >= 0.6 is 12.6 Å². The molecule has 12 nitrogen and oxygen atoms in total. The zero-order chi connectivity index (χ0) is 22.8. The third-order valence-corrected chi connectivity index (χ3v) is 4.88. The van der Waals surface area contributed by atoms with E-state index < -0.39 is 66.4 Å². The Morgan fingerprint density at radius 2 is 1.70 bits per heavy atom. The Labute approximate surface area is 178 Å². The molecular weight excluding hydrogens is 420 g/mol. The van der Waals surface area contributed by atoms with Gasteiger partial charge in [0.2, 0.25) is 17.7 Å². The minimum absolute atomic E-state index is 0.0804. The van der Waals surface area contributed by atoms with Gasteiger partial charge >= 0.3 is 11.9 Å². The number of nitrogens with one attached hydrogen (secondary N) is 4. The lowest BCUT2D eigenvalue weighted by Gasteiger charge is -2.25. The van der Waals surface area contributed by atoms with Gasteiger partial charge in [-0.2, -0.15) is 12.6 Å². The van der Waals surface area contributed by atoms with Gasteiger partial charge in [-0.25, -0.2) is 4.79 Å². The summed E-state index contributed by atoms with van der Waals surface area (Å²) in [6, 6.07) is -4.56. The van der Waals surface area contributed by atoms with Crippen molar-refractivity contribution in [2.75, 3.05) is 12.3 Å². The number of aliphatic carboxylic acids is 2. The van der Waals surface area contributed by atoms with E-state index in [1.165, 1.54) is 0 Å². The molecule has 3 amide bonds. The summed E-state index contributed by atoms with van der Waals surface area (Å²) in [5, 5.41) is 37.4. The zero-order valence-corrected chi connectivity index (χ0v) is 17.4. The van der Waals surface area contributed by atoms with Crippen LogP contribution in [-0.2, 0) is 24.0 Å². The van der Waals surface area contributed by atoms with Crippen LogP contribution in [-0.4, -0.2) is 87.5 Å². The second-order valence-electron chi connectivity index (χ2n) is 6.95. The molecule has 5 atom stereocenters. The molecule has 7 N–H and O–H groups in total. The molecule has 1 aliphatic rings. The molecule has 1 aliphatic heterocycles. The van der Waals surface area contributed by atoms with Gasteiger partial charge in [-0.15, -0.1) is 0 Å².